The summed E-state index contributed by atoms with van der Waals surface area (Å²) in [7, 11) is 0. The third kappa shape index (κ3) is 3.47. The van der Waals surface area contributed by atoms with E-state index in [4.69, 9.17) is 0 Å². The summed E-state index contributed by atoms with van der Waals surface area (Å²) >= 11 is 0. The minimum atomic E-state index is -1.71. The van der Waals surface area contributed by atoms with Crippen molar-refractivity contribution in [2.45, 2.75) is 6.23 Å². The lowest BCUT2D eigenvalue weighted by Gasteiger charge is -2.11. The summed E-state index contributed by atoms with van der Waals surface area (Å²) in [6.07, 6.45) is -0.123. The molecule has 1 atom stereocenters. The fourth-order valence-electron chi connectivity index (χ4n) is 0.335. The molecule has 0 amide bonds. The fourth-order valence-corrected chi connectivity index (χ4v) is 0.335. The summed E-state index contributed by atoms with van der Waals surface area (Å²) in [5.74, 6) is -0.921. The predicted molar refractivity (Wildman–Crippen MR) is 34.3 cm³/mol. The van der Waals surface area contributed by atoms with Crippen LogP contribution >= 0.6 is 0 Å². The molecule has 11 heavy (non-hydrogen) atoms. The van der Waals surface area contributed by atoms with Crippen molar-refractivity contribution in [3.05, 3.63) is 25.3 Å². The van der Waals surface area contributed by atoms with E-state index in [-0.39, 0.29) is 0 Å². The average Bonchev–Trinajstić information content (AvgIpc) is 1.99. The molecule has 0 bridgehead atoms. The number of hydrogen-bond donors (Lipinski definition) is 0. The summed E-state index contributed by atoms with van der Waals surface area (Å²) < 4.78 is 27.4. The average molecular weight is 163 g/mol. The van der Waals surface area contributed by atoms with Gasteiger partial charge in [0.2, 0.25) is 6.23 Å². The molecule has 0 aliphatic carbocycles. The molecule has 0 fully saturated rings. The lowest BCUT2D eigenvalue weighted by Crippen LogP contribution is -2.24. The Morgan fingerprint density at radius 1 is 1.55 bits per heavy atom. The van der Waals surface area contributed by atoms with Gasteiger partial charge in [-0.3, -0.25) is 0 Å². The largest absolute Gasteiger partial charge is 0.434 e. The normalized spacial score (nSPS) is 12.3. The predicted octanol–water partition coefficient (Wildman–Crippen LogP) is 1.30. The quantitative estimate of drug-likeness (QED) is 0.206. The van der Waals surface area contributed by atoms with Crippen LogP contribution in [0.15, 0.2) is 25.3 Å². The second-order valence-electron chi connectivity index (χ2n) is 1.53. The zero-order valence-electron chi connectivity index (χ0n) is 5.67. The standard InChI is InChI=1S/C6H7F2NO2/c1-3-5(9(7)8)11-6(10)4-2/h3-5H,1-2H2. The van der Waals surface area contributed by atoms with E-state index in [0.29, 0.717) is 0 Å². The van der Waals surface area contributed by atoms with Crippen LogP contribution in [0.4, 0.5) is 8.96 Å². The molecule has 0 aliphatic rings. The SMILES string of the molecule is C=CC(=O)OC(C=C)N(F)F. The molecular formula is C6H7F2NO2. The first-order valence-corrected chi connectivity index (χ1v) is 2.68. The van der Waals surface area contributed by atoms with Crippen molar-refractivity contribution >= 4 is 5.97 Å². The van der Waals surface area contributed by atoms with Crippen molar-refractivity contribution in [2.24, 2.45) is 0 Å². The molecule has 0 radical (unpaired) electrons. The zero-order valence-corrected chi connectivity index (χ0v) is 5.67. The van der Waals surface area contributed by atoms with Gasteiger partial charge in [0, 0.05) is 6.08 Å². The number of rotatable bonds is 4. The Bertz CT molecular complexity index is 170. The third-order valence-electron chi connectivity index (χ3n) is 0.798. The molecular weight excluding hydrogens is 156 g/mol. The van der Waals surface area contributed by atoms with Crippen molar-refractivity contribution < 1.29 is 18.5 Å². The summed E-state index contributed by atoms with van der Waals surface area (Å²) in [4.78, 5) is 10.3. The Labute approximate surface area is 62.4 Å². The highest BCUT2D eigenvalue weighted by Gasteiger charge is 2.17. The van der Waals surface area contributed by atoms with Crippen molar-refractivity contribution in [3.8, 4) is 0 Å². The van der Waals surface area contributed by atoms with Gasteiger partial charge in [0.1, 0.15) is 0 Å². The minimum Gasteiger partial charge on any atom is -0.434 e. The number of esters is 1. The van der Waals surface area contributed by atoms with Gasteiger partial charge in [-0.25, -0.2) is 4.79 Å². The molecule has 0 saturated carbocycles. The first-order valence-electron chi connectivity index (χ1n) is 2.68. The first-order chi connectivity index (χ1) is 5.11. The van der Waals surface area contributed by atoms with Gasteiger partial charge >= 0.3 is 5.97 Å². The van der Waals surface area contributed by atoms with E-state index in [1.807, 2.05) is 0 Å². The highest BCUT2D eigenvalue weighted by atomic mass is 19.4. The van der Waals surface area contributed by atoms with E-state index in [1.165, 1.54) is 0 Å². The van der Waals surface area contributed by atoms with Crippen molar-refractivity contribution in [3.63, 3.8) is 0 Å². The Morgan fingerprint density at radius 3 is 2.36 bits per heavy atom. The maximum absolute atomic E-state index is 11.6. The number of carbonyl (C=O) groups is 1. The number of nitrogens with zero attached hydrogens (tertiary/aromatic N) is 1. The van der Waals surface area contributed by atoms with E-state index in [9.17, 15) is 13.8 Å². The second-order valence-corrected chi connectivity index (χ2v) is 1.53. The second kappa shape index (κ2) is 4.56. The molecule has 0 aromatic carbocycles. The summed E-state index contributed by atoms with van der Waals surface area (Å²) in [5, 5.41) is -1.27. The van der Waals surface area contributed by atoms with E-state index in [1.54, 1.807) is 0 Å². The molecule has 5 heteroatoms. The molecule has 0 aromatic heterocycles. The van der Waals surface area contributed by atoms with E-state index in [0.717, 1.165) is 12.2 Å². The van der Waals surface area contributed by atoms with Crippen molar-refractivity contribution in [1.29, 1.82) is 0 Å². The van der Waals surface area contributed by atoms with Gasteiger partial charge in [0.25, 0.3) is 0 Å². The van der Waals surface area contributed by atoms with Crippen LogP contribution in [0, 0.1) is 0 Å². The molecule has 62 valence electrons. The van der Waals surface area contributed by atoms with Crippen LogP contribution in [0.25, 0.3) is 0 Å². The van der Waals surface area contributed by atoms with Gasteiger partial charge < -0.3 is 4.74 Å². The van der Waals surface area contributed by atoms with E-state index < -0.39 is 17.5 Å². The summed E-state index contributed by atoms with van der Waals surface area (Å²) in [6, 6.07) is 0. The number of carbonyl (C=O) groups excluding carboxylic acids is 1. The van der Waals surface area contributed by atoms with Crippen LogP contribution < -0.4 is 0 Å². The van der Waals surface area contributed by atoms with Crippen molar-refractivity contribution in [1.82, 2.24) is 5.34 Å². The zero-order chi connectivity index (χ0) is 8.85. The van der Waals surface area contributed by atoms with E-state index in [2.05, 4.69) is 17.9 Å². The van der Waals surface area contributed by atoms with Gasteiger partial charge in [0.15, 0.2) is 0 Å². The van der Waals surface area contributed by atoms with Gasteiger partial charge in [0.05, 0.1) is 5.34 Å². The number of halogens is 2. The lowest BCUT2D eigenvalue weighted by atomic mass is 10.5. The van der Waals surface area contributed by atoms with Crippen molar-refractivity contribution in [2.75, 3.05) is 0 Å². The Kier molecular flexibility index (Phi) is 4.05. The first kappa shape index (κ1) is 9.77. The maximum Gasteiger partial charge on any atom is 0.332 e. The van der Waals surface area contributed by atoms with Crippen LogP contribution in [0.2, 0.25) is 0 Å². The topological polar surface area (TPSA) is 29.5 Å². The molecule has 0 N–H and O–H groups in total. The summed E-state index contributed by atoms with van der Waals surface area (Å²) in [5.41, 5.74) is 0. The maximum atomic E-state index is 11.6. The molecule has 0 aromatic rings. The summed E-state index contributed by atoms with van der Waals surface area (Å²) in [6.45, 7) is 6.07. The van der Waals surface area contributed by atoms with Gasteiger partial charge in [-0.05, 0) is 6.08 Å². The van der Waals surface area contributed by atoms with Gasteiger partial charge in [-0.1, -0.05) is 22.1 Å². The fraction of sp³-hybridized carbons (Fsp3) is 0.167. The van der Waals surface area contributed by atoms with Crippen LogP contribution in [-0.2, 0) is 9.53 Å². The highest BCUT2D eigenvalue weighted by Crippen LogP contribution is 2.04. The molecule has 0 saturated heterocycles. The van der Waals surface area contributed by atoms with Crippen LogP contribution in [0.3, 0.4) is 0 Å². The minimum absolute atomic E-state index is 0.792. The lowest BCUT2D eigenvalue weighted by molar-refractivity contribution is -0.240. The molecule has 3 nitrogen and oxygen atoms in total. The molecule has 1 unspecified atom stereocenters. The Hall–Kier alpha value is -1.23. The monoisotopic (exact) mass is 163 g/mol. The molecule has 0 spiro atoms. The number of ether oxygens (including phenoxy) is 1. The van der Waals surface area contributed by atoms with Gasteiger partial charge in [-0.15, -0.1) is 0 Å². The van der Waals surface area contributed by atoms with E-state index >= 15 is 0 Å². The van der Waals surface area contributed by atoms with Gasteiger partial charge in [-0.2, -0.15) is 0 Å². The smallest absolute Gasteiger partial charge is 0.332 e. The third-order valence-corrected chi connectivity index (χ3v) is 0.798. The molecule has 0 heterocycles. The van der Waals surface area contributed by atoms with Crippen LogP contribution in [0.5, 0.6) is 0 Å². The number of hydrogen-bond acceptors (Lipinski definition) is 3. The highest BCUT2D eigenvalue weighted by molar-refractivity contribution is 5.81. The van der Waals surface area contributed by atoms with Crippen LogP contribution in [0.1, 0.15) is 0 Å². The Balaban J connectivity index is 3.97. The van der Waals surface area contributed by atoms with Crippen LogP contribution in [-0.4, -0.2) is 17.5 Å². The Morgan fingerprint density at radius 2 is 2.09 bits per heavy atom. The molecule has 0 rings (SSSR count). The molecule has 0 aliphatic heterocycles.